The van der Waals surface area contributed by atoms with Crippen molar-refractivity contribution in [2.24, 2.45) is 0 Å². The van der Waals surface area contributed by atoms with Crippen LogP contribution in [0.4, 0.5) is 5.69 Å². The van der Waals surface area contributed by atoms with Crippen molar-refractivity contribution in [2.45, 2.75) is 12.5 Å². The Morgan fingerprint density at radius 3 is 2.15 bits per heavy atom. The van der Waals surface area contributed by atoms with E-state index in [1.54, 1.807) is 5.48 Å². The zero-order valence-electron chi connectivity index (χ0n) is 10.9. The first-order valence-electron chi connectivity index (χ1n) is 6.20. The molecule has 1 atom stereocenters. The number of nitrogens with one attached hydrogen (secondary N) is 1. The first-order chi connectivity index (χ1) is 9.62. The molecule has 0 saturated heterocycles. The average Bonchev–Trinajstić information content (AvgIpc) is 2.45. The zero-order valence-corrected chi connectivity index (χ0v) is 12.4. The van der Waals surface area contributed by atoms with E-state index < -0.39 is 12.0 Å². The average molecular weight is 321 g/mol. The summed E-state index contributed by atoms with van der Waals surface area (Å²) in [7, 11) is 0. The van der Waals surface area contributed by atoms with Crippen molar-refractivity contribution >= 4 is 34.9 Å². The SMILES string of the molecule is O=C(O)[C@H](Cc1ccc(N(CCCl)CCCl)cc1)NO. The minimum Gasteiger partial charge on any atom is -0.480 e. The van der Waals surface area contributed by atoms with E-state index in [0.717, 1.165) is 11.3 Å². The Kier molecular flexibility index (Phi) is 7.69. The predicted octanol–water partition coefficient (Wildman–Crippen LogP) is 1.95. The molecular formula is C13H18Cl2N2O3. The largest absolute Gasteiger partial charge is 0.480 e. The van der Waals surface area contributed by atoms with Crippen LogP contribution in [0.2, 0.25) is 0 Å². The Hall–Kier alpha value is -1.01. The number of alkyl halides is 2. The Morgan fingerprint density at radius 1 is 1.20 bits per heavy atom. The van der Waals surface area contributed by atoms with Crippen molar-refractivity contribution < 1.29 is 15.1 Å². The maximum Gasteiger partial charge on any atom is 0.323 e. The lowest BCUT2D eigenvalue weighted by molar-refractivity contribution is -0.142. The number of hydrogen-bond acceptors (Lipinski definition) is 4. The van der Waals surface area contributed by atoms with Gasteiger partial charge in [0.25, 0.3) is 0 Å². The van der Waals surface area contributed by atoms with E-state index in [0.29, 0.717) is 24.8 Å². The highest BCUT2D eigenvalue weighted by molar-refractivity contribution is 6.18. The molecule has 0 bridgehead atoms. The fourth-order valence-corrected chi connectivity index (χ4v) is 2.25. The molecule has 0 unspecified atom stereocenters. The standard InChI is InChI=1S/C13H18Cl2N2O3/c14-5-7-17(8-6-15)11-3-1-10(2-4-11)9-12(16-20)13(18)19/h1-4,12,16,20H,5-9H2,(H,18,19)/t12-/m0/s1. The van der Waals surface area contributed by atoms with Crippen molar-refractivity contribution in [1.29, 1.82) is 0 Å². The van der Waals surface area contributed by atoms with Gasteiger partial charge in [0.15, 0.2) is 0 Å². The van der Waals surface area contributed by atoms with Crippen LogP contribution >= 0.6 is 23.2 Å². The second-order valence-corrected chi connectivity index (χ2v) is 5.01. The van der Waals surface area contributed by atoms with E-state index in [4.69, 9.17) is 33.5 Å². The molecule has 0 amide bonds. The molecule has 0 aromatic heterocycles. The van der Waals surface area contributed by atoms with Gasteiger partial charge in [-0.05, 0) is 17.7 Å². The topological polar surface area (TPSA) is 72.8 Å². The van der Waals surface area contributed by atoms with Gasteiger partial charge in [0.1, 0.15) is 6.04 Å². The summed E-state index contributed by atoms with van der Waals surface area (Å²) in [5.41, 5.74) is 3.59. The van der Waals surface area contributed by atoms with E-state index in [9.17, 15) is 4.79 Å². The Labute approximate surface area is 128 Å². The molecule has 0 radical (unpaired) electrons. The molecule has 0 heterocycles. The fourth-order valence-electron chi connectivity index (χ4n) is 1.84. The Morgan fingerprint density at radius 2 is 1.75 bits per heavy atom. The van der Waals surface area contributed by atoms with Gasteiger partial charge < -0.3 is 15.2 Å². The minimum absolute atomic E-state index is 0.205. The van der Waals surface area contributed by atoms with Crippen LogP contribution in [0.1, 0.15) is 5.56 Å². The monoisotopic (exact) mass is 320 g/mol. The first-order valence-corrected chi connectivity index (χ1v) is 7.27. The lowest BCUT2D eigenvalue weighted by Crippen LogP contribution is -2.36. The van der Waals surface area contributed by atoms with Gasteiger partial charge in [-0.3, -0.25) is 4.79 Å². The highest BCUT2D eigenvalue weighted by Crippen LogP contribution is 2.16. The zero-order chi connectivity index (χ0) is 15.0. The maximum absolute atomic E-state index is 10.8. The highest BCUT2D eigenvalue weighted by atomic mass is 35.5. The number of hydroxylamine groups is 1. The number of benzene rings is 1. The van der Waals surface area contributed by atoms with Gasteiger partial charge in [0.2, 0.25) is 0 Å². The lowest BCUT2D eigenvalue weighted by atomic mass is 10.1. The predicted molar refractivity (Wildman–Crippen MR) is 80.1 cm³/mol. The number of aliphatic carboxylic acids is 1. The Bertz CT molecular complexity index is 409. The molecule has 1 rings (SSSR count). The number of halogens is 2. The van der Waals surface area contributed by atoms with Crippen LogP contribution in [0.25, 0.3) is 0 Å². The van der Waals surface area contributed by atoms with Crippen molar-refractivity contribution in [2.75, 3.05) is 29.7 Å². The molecule has 20 heavy (non-hydrogen) atoms. The molecule has 0 aliphatic heterocycles. The summed E-state index contributed by atoms with van der Waals surface area (Å²) in [4.78, 5) is 12.9. The summed E-state index contributed by atoms with van der Waals surface area (Å²) in [5, 5.41) is 17.6. The number of carbonyl (C=O) groups is 1. The van der Waals surface area contributed by atoms with E-state index in [2.05, 4.69) is 4.90 Å². The number of hydrogen-bond donors (Lipinski definition) is 3. The summed E-state index contributed by atoms with van der Waals surface area (Å²) in [6.45, 7) is 1.40. The molecule has 112 valence electrons. The number of nitrogens with zero attached hydrogens (tertiary/aromatic N) is 1. The third kappa shape index (κ3) is 5.17. The van der Waals surface area contributed by atoms with Gasteiger partial charge in [0, 0.05) is 37.0 Å². The molecule has 1 aromatic carbocycles. The molecule has 0 saturated carbocycles. The third-order valence-electron chi connectivity index (χ3n) is 2.90. The summed E-state index contributed by atoms with van der Waals surface area (Å²) in [5.74, 6) is -0.0787. The number of anilines is 1. The van der Waals surface area contributed by atoms with Crippen LogP contribution in [0.5, 0.6) is 0 Å². The number of rotatable bonds is 9. The van der Waals surface area contributed by atoms with E-state index in [1.807, 2.05) is 24.3 Å². The van der Waals surface area contributed by atoms with Crippen molar-refractivity contribution in [3.8, 4) is 0 Å². The van der Waals surface area contributed by atoms with Gasteiger partial charge in [-0.25, -0.2) is 0 Å². The smallest absolute Gasteiger partial charge is 0.323 e. The van der Waals surface area contributed by atoms with Gasteiger partial charge in [-0.15, -0.1) is 23.2 Å². The molecule has 0 aliphatic rings. The van der Waals surface area contributed by atoms with Gasteiger partial charge >= 0.3 is 5.97 Å². The highest BCUT2D eigenvalue weighted by Gasteiger charge is 2.16. The van der Waals surface area contributed by atoms with Crippen LogP contribution in [-0.2, 0) is 11.2 Å². The van der Waals surface area contributed by atoms with Crippen LogP contribution < -0.4 is 10.4 Å². The van der Waals surface area contributed by atoms with Crippen molar-refractivity contribution in [3.05, 3.63) is 29.8 Å². The summed E-state index contributed by atoms with van der Waals surface area (Å²) in [6.07, 6.45) is 0.205. The quantitative estimate of drug-likeness (QED) is 0.479. The van der Waals surface area contributed by atoms with Crippen molar-refractivity contribution in [3.63, 3.8) is 0 Å². The van der Waals surface area contributed by atoms with Crippen LogP contribution in [-0.4, -0.2) is 47.2 Å². The maximum atomic E-state index is 10.8. The molecule has 5 nitrogen and oxygen atoms in total. The van der Waals surface area contributed by atoms with Gasteiger partial charge in [-0.2, -0.15) is 5.48 Å². The number of carboxylic acid groups (broad SMARTS) is 1. The molecule has 0 aliphatic carbocycles. The molecule has 7 heteroatoms. The van der Waals surface area contributed by atoms with Crippen LogP contribution in [0.15, 0.2) is 24.3 Å². The summed E-state index contributed by atoms with van der Waals surface area (Å²) >= 11 is 11.5. The summed E-state index contributed by atoms with van der Waals surface area (Å²) < 4.78 is 0. The minimum atomic E-state index is -1.09. The fraction of sp³-hybridized carbons (Fsp3) is 0.462. The van der Waals surface area contributed by atoms with Crippen LogP contribution in [0.3, 0.4) is 0 Å². The van der Waals surface area contributed by atoms with Gasteiger partial charge in [0.05, 0.1) is 0 Å². The normalized spacial score (nSPS) is 12.2. The molecule has 1 aromatic rings. The lowest BCUT2D eigenvalue weighted by Gasteiger charge is -2.23. The van der Waals surface area contributed by atoms with Crippen LogP contribution in [0, 0.1) is 0 Å². The first kappa shape index (κ1) is 17.0. The Balaban J connectivity index is 2.73. The molecule has 0 spiro atoms. The van der Waals surface area contributed by atoms with Gasteiger partial charge in [-0.1, -0.05) is 12.1 Å². The number of carboxylic acids is 1. The second-order valence-electron chi connectivity index (χ2n) is 4.26. The molecule has 3 N–H and O–H groups in total. The molecule has 0 fully saturated rings. The van der Waals surface area contributed by atoms with E-state index in [-0.39, 0.29) is 6.42 Å². The summed E-state index contributed by atoms with van der Waals surface area (Å²) in [6, 6.07) is 6.44. The van der Waals surface area contributed by atoms with Crippen molar-refractivity contribution in [1.82, 2.24) is 5.48 Å². The van der Waals surface area contributed by atoms with E-state index in [1.165, 1.54) is 0 Å². The third-order valence-corrected chi connectivity index (χ3v) is 3.24. The molecular weight excluding hydrogens is 303 g/mol. The second kappa shape index (κ2) is 9.02. The van der Waals surface area contributed by atoms with E-state index >= 15 is 0 Å².